The lowest BCUT2D eigenvalue weighted by molar-refractivity contribution is 0.380. The van der Waals surface area contributed by atoms with E-state index in [1.54, 1.807) is 0 Å². The van der Waals surface area contributed by atoms with Crippen molar-refractivity contribution in [3.8, 4) is 0 Å². The SMILES string of the molecule is CN=C(NCc1ccc(CN(C)C)cc1)N1CCSC(C(C)C)C1.I. The van der Waals surface area contributed by atoms with Crippen LogP contribution in [-0.4, -0.2) is 61.0 Å². The highest BCUT2D eigenvalue weighted by molar-refractivity contribution is 14.0. The predicted molar refractivity (Wildman–Crippen MR) is 122 cm³/mol. The molecule has 142 valence electrons. The Morgan fingerprint density at radius 1 is 1.28 bits per heavy atom. The zero-order valence-corrected chi connectivity index (χ0v) is 19.3. The second-order valence-electron chi connectivity index (χ2n) is 7.05. The maximum Gasteiger partial charge on any atom is 0.193 e. The summed E-state index contributed by atoms with van der Waals surface area (Å²) in [5.41, 5.74) is 2.64. The zero-order chi connectivity index (χ0) is 17.5. The fourth-order valence-electron chi connectivity index (χ4n) is 2.91. The molecule has 0 amide bonds. The van der Waals surface area contributed by atoms with Crippen LogP contribution in [0.25, 0.3) is 0 Å². The molecule has 1 aliphatic heterocycles. The molecule has 4 nitrogen and oxygen atoms in total. The van der Waals surface area contributed by atoms with E-state index >= 15 is 0 Å². The molecule has 0 aliphatic carbocycles. The predicted octanol–water partition coefficient (Wildman–Crippen LogP) is 3.52. The molecule has 1 aliphatic rings. The number of thioether (sulfide) groups is 1. The Balaban J connectivity index is 0.00000312. The molecule has 1 unspecified atom stereocenters. The molecule has 2 rings (SSSR count). The molecule has 1 fully saturated rings. The fraction of sp³-hybridized carbons (Fsp3) is 0.632. The summed E-state index contributed by atoms with van der Waals surface area (Å²) in [7, 11) is 6.08. The average Bonchev–Trinajstić information content (AvgIpc) is 2.56. The second-order valence-corrected chi connectivity index (χ2v) is 8.40. The molecule has 6 heteroatoms. The summed E-state index contributed by atoms with van der Waals surface area (Å²) < 4.78 is 0. The molecular weight excluding hydrogens is 443 g/mol. The first-order chi connectivity index (χ1) is 11.5. The van der Waals surface area contributed by atoms with Gasteiger partial charge < -0.3 is 15.1 Å². The topological polar surface area (TPSA) is 30.9 Å². The molecule has 0 bridgehead atoms. The Morgan fingerprint density at radius 3 is 2.48 bits per heavy atom. The lowest BCUT2D eigenvalue weighted by Crippen LogP contribution is -2.48. The molecule has 0 radical (unpaired) electrons. The minimum Gasteiger partial charge on any atom is -0.352 e. The smallest absolute Gasteiger partial charge is 0.193 e. The van der Waals surface area contributed by atoms with Crippen molar-refractivity contribution < 1.29 is 0 Å². The van der Waals surface area contributed by atoms with E-state index in [9.17, 15) is 0 Å². The van der Waals surface area contributed by atoms with Gasteiger partial charge in [-0.2, -0.15) is 11.8 Å². The van der Waals surface area contributed by atoms with Gasteiger partial charge in [0.05, 0.1) is 0 Å². The Kier molecular flexibility index (Phi) is 10.2. The van der Waals surface area contributed by atoms with E-state index in [1.807, 2.05) is 7.05 Å². The summed E-state index contributed by atoms with van der Waals surface area (Å²) in [5, 5.41) is 4.23. The Bertz CT molecular complexity index is 531. The molecule has 1 saturated heterocycles. The van der Waals surface area contributed by atoms with Crippen LogP contribution in [0.2, 0.25) is 0 Å². The van der Waals surface area contributed by atoms with Crippen molar-refractivity contribution in [2.24, 2.45) is 10.9 Å². The average molecular weight is 476 g/mol. The van der Waals surface area contributed by atoms with Crippen molar-refractivity contribution in [2.45, 2.75) is 32.2 Å². The van der Waals surface area contributed by atoms with Gasteiger partial charge in [-0.1, -0.05) is 38.1 Å². The molecule has 0 saturated carbocycles. The van der Waals surface area contributed by atoms with E-state index < -0.39 is 0 Å². The van der Waals surface area contributed by atoms with Gasteiger partial charge in [0.2, 0.25) is 0 Å². The molecule has 25 heavy (non-hydrogen) atoms. The quantitative estimate of drug-likeness (QED) is 0.401. The van der Waals surface area contributed by atoms with Crippen molar-refractivity contribution in [1.82, 2.24) is 15.1 Å². The molecule has 1 heterocycles. The normalized spacial score (nSPS) is 18.4. The van der Waals surface area contributed by atoms with Gasteiger partial charge in [-0.15, -0.1) is 24.0 Å². The minimum atomic E-state index is 0. The molecule has 1 aromatic rings. The van der Waals surface area contributed by atoms with Crippen LogP contribution >= 0.6 is 35.7 Å². The number of aliphatic imine (C=N–C) groups is 1. The highest BCUT2D eigenvalue weighted by atomic mass is 127. The first kappa shape index (κ1) is 22.6. The standard InChI is InChI=1S/C19H32N4S.HI/c1-15(2)18-14-23(10-11-24-18)19(20-3)21-12-16-6-8-17(9-7-16)13-22(4)5;/h6-9,15,18H,10-14H2,1-5H3,(H,20,21);1H. The van der Waals surface area contributed by atoms with Crippen LogP contribution in [-0.2, 0) is 13.1 Å². The third kappa shape index (κ3) is 7.35. The van der Waals surface area contributed by atoms with E-state index in [4.69, 9.17) is 0 Å². The van der Waals surface area contributed by atoms with E-state index in [0.29, 0.717) is 11.2 Å². The largest absolute Gasteiger partial charge is 0.352 e. The van der Waals surface area contributed by atoms with Crippen LogP contribution in [0.3, 0.4) is 0 Å². The van der Waals surface area contributed by atoms with Crippen LogP contribution in [0, 0.1) is 5.92 Å². The number of halogens is 1. The summed E-state index contributed by atoms with van der Waals surface area (Å²) in [4.78, 5) is 9.09. The summed E-state index contributed by atoms with van der Waals surface area (Å²) >= 11 is 2.10. The van der Waals surface area contributed by atoms with Crippen LogP contribution in [0.15, 0.2) is 29.3 Å². The van der Waals surface area contributed by atoms with Gasteiger partial charge in [0.15, 0.2) is 5.96 Å². The number of benzene rings is 1. The van der Waals surface area contributed by atoms with Crippen molar-refractivity contribution in [2.75, 3.05) is 40.0 Å². The van der Waals surface area contributed by atoms with Gasteiger partial charge in [0.1, 0.15) is 0 Å². The van der Waals surface area contributed by atoms with E-state index in [1.165, 1.54) is 16.9 Å². The molecule has 1 N–H and O–H groups in total. The molecule has 0 aromatic heterocycles. The number of nitrogens with one attached hydrogen (secondary N) is 1. The second kappa shape index (κ2) is 11.3. The summed E-state index contributed by atoms with van der Waals surface area (Å²) in [5.74, 6) is 2.92. The third-order valence-corrected chi connectivity index (χ3v) is 5.86. The van der Waals surface area contributed by atoms with Crippen LogP contribution < -0.4 is 5.32 Å². The van der Waals surface area contributed by atoms with Gasteiger partial charge in [-0.05, 0) is 31.1 Å². The fourth-order valence-corrected chi connectivity index (χ4v) is 4.21. The number of hydrogen-bond donors (Lipinski definition) is 1. The van der Waals surface area contributed by atoms with Gasteiger partial charge in [-0.3, -0.25) is 4.99 Å². The van der Waals surface area contributed by atoms with Crippen LogP contribution in [0.1, 0.15) is 25.0 Å². The van der Waals surface area contributed by atoms with Gasteiger partial charge in [0, 0.05) is 44.2 Å². The Morgan fingerprint density at radius 2 is 1.92 bits per heavy atom. The van der Waals surface area contributed by atoms with E-state index in [2.05, 4.69) is 84.1 Å². The third-order valence-electron chi connectivity index (χ3n) is 4.32. The van der Waals surface area contributed by atoms with Gasteiger partial charge in [0.25, 0.3) is 0 Å². The monoisotopic (exact) mass is 476 g/mol. The van der Waals surface area contributed by atoms with Crippen molar-refractivity contribution in [3.05, 3.63) is 35.4 Å². The lowest BCUT2D eigenvalue weighted by atomic mass is 10.1. The van der Waals surface area contributed by atoms with E-state index in [-0.39, 0.29) is 24.0 Å². The van der Waals surface area contributed by atoms with E-state index in [0.717, 1.165) is 32.1 Å². The number of nitrogens with zero attached hydrogens (tertiary/aromatic N) is 3. The van der Waals surface area contributed by atoms with Crippen molar-refractivity contribution in [1.29, 1.82) is 0 Å². The minimum absolute atomic E-state index is 0. The zero-order valence-electron chi connectivity index (χ0n) is 16.2. The first-order valence-corrected chi connectivity index (χ1v) is 9.84. The summed E-state index contributed by atoms with van der Waals surface area (Å²) in [6.07, 6.45) is 0. The van der Waals surface area contributed by atoms with Crippen molar-refractivity contribution >= 4 is 41.7 Å². The maximum atomic E-state index is 4.49. The molecule has 1 aromatic carbocycles. The number of guanidine groups is 1. The lowest BCUT2D eigenvalue weighted by Gasteiger charge is -2.36. The maximum absolute atomic E-state index is 4.49. The Hall–Kier alpha value is -0.470. The number of rotatable bonds is 5. The van der Waals surface area contributed by atoms with Gasteiger partial charge >= 0.3 is 0 Å². The van der Waals surface area contributed by atoms with Gasteiger partial charge in [-0.25, -0.2) is 0 Å². The summed E-state index contributed by atoms with van der Waals surface area (Å²) in [6, 6.07) is 8.85. The first-order valence-electron chi connectivity index (χ1n) is 8.79. The van der Waals surface area contributed by atoms with Crippen molar-refractivity contribution in [3.63, 3.8) is 0 Å². The molecule has 0 spiro atoms. The highest BCUT2D eigenvalue weighted by Gasteiger charge is 2.24. The molecular formula is C19H33IN4S. The Labute approximate surface area is 174 Å². The van der Waals surface area contributed by atoms with Crippen LogP contribution in [0.5, 0.6) is 0 Å². The summed E-state index contributed by atoms with van der Waals surface area (Å²) in [6.45, 7) is 8.60. The molecule has 1 atom stereocenters. The van der Waals surface area contributed by atoms with Crippen LogP contribution in [0.4, 0.5) is 0 Å². The highest BCUT2D eigenvalue weighted by Crippen LogP contribution is 2.24. The number of hydrogen-bond acceptors (Lipinski definition) is 3.